The van der Waals surface area contributed by atoms with Crippen molar-refractivity contribution in [3.63, 3.8) is 0 Å². The van der Waals surface area contributed by atoms with Crippen LogP contribution in [0.2, 0.25) is 0 Å². The number of hydrogen-bond donors (Lipinski definition) is 2. The summed E-state index contributed by atoms with van der Waals surface area (Å²) in [6.07, 6.45) is 1.69. The first-order valence-electron chi connectivity index (χ1n) is 5.48. The lowest BCUT2D eigenvalue weighted by Gasteiger charge is -2.09. The molecule has 2 aromatic heterocycles. The molecule has 0 bridgehead atoms. The zero-order chi connectivity index (χ0) is 12.4. The van der Waals surface area contributed by atoms with Gasteiger partial charge >= 0.3 is 0 Å². The van der Waals surface area contributed by atoms with Gasteiger partial charge in [0.15, 0.2) is 0 Å². The van der Waals surface area contributed by atoms with Gasteiger partial charge in [-0.1, -0.05) is 13.8 Å². The molecule has 0 amide bonds. The minimum Gasteiger partial charge on any atom is -0.481 e. The number of aromatic nitrogens is 3. The van der Waals surface area contributed by atoms with Gasteiger partial charge in [0.05, 0.1) is 18.4 Å². The Labute approximate surface area is 100 Å². The monoisotopic (exact) mass is 232 g/mol. The highest BCUT2D eigenvalue weighted by Gasteiger charge is 2.18. The summed E-state index contributed by atoms with van der Waals surface area (Å²) < 4.78 is 5.24. The summed E-state index contributed by atoms with van der Waals surface area (Å²) in [7, 11) is 1.60. The third kappa shape index (κ3) is 1.95. The maximum atomic E-state index is 5.87. The fourth-order valence-electron chi connectivity index (χ4n) is 1.90. The second-order valence-electron chi connectivity index (χ2n) is 4.11. The Bertz CT molecular complexity index is 519. The molecule has 0 radical (unpaired) electrons. The van der Waals surface area contributed by atoms with Crippen molar-refractivity contribution in [1.82, 2.24) is 15.2 Å². The van der Waals surface area contributed by atoms with E-state index < -0.39 is 0 Å². The Morgan fingerprint density at radius 1 is 1.41 bits per heavy atom. The van der Waals surface area contributed by atoms with Gasteiger partial charge in [0.2, 0.25) is 5.88 Å². The molecule has 2 aromatic rings. The highest BCUT2D eigenvalue weighted by atomic mass is 16.5. The van der Waals surface area contributed by atoms with E-state index in [1.807, 2.05) is 12.1 Å². The first-order chi connectivity index (χ1) is 8.15. The van der Waals surface area contributed by atoms with Crippen LogP contribution in [0, 0.1) is 0 Å². The molecule has 90 valence electrons. The Balaban J connectivity index is 2.60. The number of anilines is 1. The van der Waals surface area contributed by atoms with Gasteiger partial charge in [-0.15, -0.1) is 0 Å². The summed E-state index contributed by atoms with van der Waals surface area (Å²) in [5.74, 6) is 1.38. The second-order valence-corrected chi connectivity index (χ2v) is 4.11. The van der Waals surface area contributed by atoms with E-state index in [4.69, 9.17) is 10.5 Å². The molecule has 0 aliphatic carbocycles. The van der Waals surface area contributed by atoms with Gasteiger partial charge in [-0.2, -0.15) is 5.10 Å². The molecular weight excluding hydrogens is 216 g/mol. The fourth-order valence-corrected chi connectivity index (χ4v) is 1.90. The van der Waals surface area contributed by atoms with Crippen molar-refractivity contribution in [3.8, 4) is 17.1 Å². The summed E-state index contributed by atoms with van der Waals surface area (Å²) in [5, 5.41) is 7.01. The molecule has 0 unspecified atom stereocenters. The van der Waals surface area contributed by atoms with E-state index in [1.54, 1.807) is 13.3 Å². The second kappa shape index (κ2) is 4.45. The van der Waals surface area contributed by atoms with Gasteiger partial charge in [-0.3, -0.25) is 5.10 Å². The molecule has 3 N–H and O–H groups in total. The number of nitrogens with zero attached hydrogens (tertiary/aromatic N) is 2. The van der Waals surface area contributed by atoms with Crippen molar-refractivity contribution in [2.24, 2.45) is 0 Å². The van der Waals surface area contributed by atoms with Crippen LogP contribution in [-0.2, 0) is 0 Å². The smallest absolute Gasteiger partial charge is 0.222 e. The molecule has 0 saturated carbocycles. The summed E-state index contributed by atoms with van der Waals surface area (Å²) in [4.78, 5) is 4.17. The molecule has 5 nitrogen and oxygen atoms in total. The molecule has 0 atom stereocenters. The molecule has 0 aliphatic rings. The molecule has 5 heteroatoms. The molecule has 2 rings (SSSR count). The van der Waals surface area contributed by atoms with Crippen LogP contribution in [0.4, 0.5) is 5.82 Å². The molecule has 2 heterocycles. The van der Waals surface area contributed by atoms with Crippen LogP contribution in [0.5, 0.6) is 5.88 Å². The SMILES string of the molecule is COc1ncccc1-c1[nH]nc(N)c1C(C)C. The highest BCUT2D eigenvalue weighted by molar-refractivity contribution is 5.72. The maximum absolute atomic E-state index is 5.87. The molecule has 0 aromatic carbocycles. The third-order valence-corrected chi connectivity index (χ3v) is 2.64. The van der Waals surface area contributed by atoms with E-state index in [0.29, 0.717) is 11.7 Å². The highest BCUT2D eigenvalue weighted by Crippen LogP contribution is 2.34. The number of nitrogens with two attached hydrogens (primary N) is 1. The predicted molar refractivity (Wildman–Crippen MR) is 66.9 cm³/mol. The van der Waals surface area contributed by atoms with Gasteiger partial charge in [0.1, 0.15) is 5.82 Å². The molecule has 0 spiro atoms. The Hall–Kier alpha value is -2.04. The average molecular weight is 232 g/mol. The summed E-state index contributed by atoms with van der Waals surface area (Å²) >= 11 is 0. The number of methoxy groups -OCH3 is 1. The fraction of sp³-hybridized carbons (Fsp3) is 0.333. The molecule has 0 saturated heterocycles. The summed E-state index contributed by atoms with van der Waals surface area (Å²) in [6, 6.07) is 3.80. The number of nitrogen functional groups attached to an aromatic ring is 1. The zero-order valence-electron chi connectivity index (χ0n) is 10.2. The van der Waals surface area contributed by atoms with E-state index in [-0.39, 0.29) is 5.92 Å². The van der Waals surface area contributed by atoms with Gasteiger partial charge in [-0.25, -0.2) is 4.98 Å². The predicted octanol–water partition coefficient (Wildman–Crippen LogP) is 2.19. The lowest BCUT2D eigenvalue weighted by molar-refractivity contribution is 0.399. The lowest BCUT2D eigenvalue weighted by atomic mass is 9.99. The van der Waals surface area contributed by atoms with Crippen LogP contribution in [0.15, 0.2) is 18.3 Å². The Kier molecular flexibility index (Phi) is 2.99. The van der Waals surface area contributed by atoms with Crippen molar-refractivity contribution < 1.29 is 4.74 Å². The quantitative estimate of drug-likeness (QED) is 0.850. The maximum Gasteiger partial charge on any atom is 0.222 e. The van der Waals surface area contributed by atoms with E-state index in [0.717, 1.165) is 16.8 Å². The first-order valence-corrected chi connectivity index (χ1v) is 5.48. The van der Waals surface area contributed by atoms with Crippen molar-refractivity contribution in [2.75, 3.05) is 12.8 Å². The Morgan fingerprint density at radius 2 is 2.18 bits per heavy atom. The average Bonchev–Trinajstić information content (AvgIpc) is 2.71. The van der Waals surface area contributed by atoms with Crippen molar-refractivity contribution in [1.29, 1.82) is 0 Å². The number of rotatable bonds is 3. The number of H-pyrrole nitrogens is 1. The van der Waals surface area contributed by atoms with E-state index in [1.165, 1.54) is 0 Å². The van der Waals surface area contributed by atoms with Gasteiger partial charge < -0.3 is 10.5 Å². The standard InChI is InChI=1S/C12H16N4O/c1-7(2)9-10(15-16-11(9)13)8-5-4-6-14-12(8)17-3/h4-7H,1-3H3,(H3,13,15,16). The van der Waals surface area contributed by atoms with Crippen molar-refractivity contribution in [3.05, 3.63) is 23.9 Å². The number of nitrogens with one attached hydrogen (secondary N) is 1. The topological polar surface area (TPSA) is 76.8 Å². The van der Waals surface area contributed by atoms with E-state index >= 15 is 0 Å². The minimum absolute atomic E-state index is 0.286. The van der Waals surface area contributed by atoms with Crippen LogP contribution < -0.4 is 10.5 Å². The van der Waals surface area contributed by atoms with Gasteiger partial charge in [0, 0.05) is 11.8 Å². The van der Waals surface area contributed by atoms with Crippen LogP contribution in [0.25, 0.3) is 11.3 Å². The van der Waals surface area contributed by atoms with Crippen molar-refractivity contribution >= 4 is 5.82 Å². The van der Waals surface area contributed by atoms with Crippen LogP contribution in [-0.4, -0.2) is 22.3 Å². The molecule has 0 aliphatic heterocycles. The molecular formula is C12H16N4O. The lowest BCUT2D eigenvalue weighted by Crippen LogP contribution is -1.97. The first kappa shape index (κ1) is 11.4. The normalized spacial score (nSPS) is 10.8. The van der Waals surface area contributed by atoms with Crippen LogP contribution >= 0.6 is 0 Å². The van der Waals surface area contributed by atoms with Gasteiger partial charge in [-0.05, 0) is 18.1 Å². The largest absolute Gasteiger partial charge is 0.481 e. The van der Waals surface area contributed by atoms with Crippen LogP contribution in [0.3, 0.4) is 0 Å². The van der Waals surface area contributed by atoms with Gasteiger partial charge in [0.25, 0.3) is 0 Å². The minimum atomic E-state index is 0.286. The Morgan fingerprint density at radius 3 is 2.82 bits per heavy atom. The van der Waals surface area contributed by atoms with E-state index in [2.05, 4.69) is 29.0 Å². The number of aromatic amines is 1. The number of hydrogen-bond acceptors (Lipinski definition) is 4. The number of ether oxygens (including phenoxy) is 1. The zero-order valence-corrected chi connectivity index (χ0v) is 10.2. The summed E-state index contributed by atoms with van der Waals surface area (Å²) in [6.45, 7) is 4.15. The van der Waals surface area contributed by atoms with Crippen molar-refractivity contribution in [2.45, 2.75) is 19.8 Å². The third-order valence-electron chi connectivity index (χ3n) is 2.64. The number of pyridine rings is 1. The van der Waals surface area contributed by atoms with E-state index in [9.17, 15) is 0 Å². The molecule has 0 fully saturated rings. The molecule has 17 heavy (non-hydrogen) atoms. The summed E-state index contributed by atoms with van der Waals surface area (Å²) in [5.41, 5.74) is 8.62. The van der Waals surface area contributed by atoms with Crippen LogP contribution in [0.1, 0.15) is 25.3 Å².